The van der Waals surface area contributed by atoms with Gasteiger partial charge in [-0.05, 0) is 34.9 Å². The molecule has 1 aliphatic heterocycles. The topological polar surface area (TPSA) is 49.4 Å². The Morgan fingerprint density at radius 2 is 1.62 bits per heavy atom. The van der Waals surface area contributed by atoms with E-state index < -0.39 is 17.8 Å². The zero-order valence-electron chi connectivity index (χ0n) is 17.1. The second kappa shape index (κ2) is 8.86. The molecule has 1 saturated heterocycles. The summed E-state index contributed by atoms with van der Waals surface area (Å²) in [6.07, 6.45) is -4.44. The van der Waals surface area contributed by atoms with Crippen LogP contribution in [0.1, 0.15) is 27.9 Å². The number of likely N-dealkylation sites (tertiary alicyclic amines) is 1. The van der Waals surface area contributed by atoms with E-state index in [1.165, 1.54) is 23.1 Å². The summed E-state index contributed by atoms with van der Waals surface area (Å²) in [5.41, 5.74) is 1.62. The average Bonchev–Trinajstić information content (AvgIpc) is 3.12. The van der Waals surface area contributed by atoms with Gasteiger partial charge in [0.1, 0.15) is 0 Å². The van der Waals surface area contributed by atoms with E-state index in [9.17, 15) is 22.8 Å². The number of nitrogens with zero attached hydrogens (tertiary/aromatic N) is 1. The second-order valence-electron chi connectivity index (χ2n) is 7.75. The van der Waals surface area contributed by atoms with Crippen LogP contribution in [-0.2, 0) is 17.5 Å². The molecule has 1 N–H and O–H groups in total. The molecular formula is C25H21F3N2O2. The lowest BCUT2D eigenvalue weighted by atomic mass is 10.0. The van der Waals surface area contributed by atoms with Crippen molar-refractivity contribution in [1.82, 2.24) is 10.2 Å². The van der Waals surface area contributed by atoms with Gasteiger partial charge in [-0.2, -0.15) is 13.2 Å². The van der Waals surface area contributed by atoms with Crippen LogP contribution >= 0.6 is 0 Å². The third-order valence-electron chi connectivity index (χ3n) is 5.47. The molecule has 1 aliphatic rings. The smallest absolute Gasteiger partial charge is 0.347 e. The van der Waals surface area contributed by atoms with Crippen molar-refractivity contribution < 1.29 is 22.8 Å². The number of hydrogen-bond donors (Lipinski definition) is 1. The molecule has 1 atom stereocenters. The lowest BCUT2D eigenvalue weighted by molar-refractivity contribution is -0.139. The average molecular weight is 438 g/mol. The van der Waals surface area contributed by atoms with Crippen LogP contribution in [-0.4, -0.2) is 29.3 Å². The van der Waals surface area contributed by atoms with Gasteiger partial charge in [-0.15, -0.1) is 0 Å². The van der Waals surface area contributed by atoms with Crippen LogP contribution in [0.2, 0.25) is 0 Å². The van der Waals surface area contributed by atoms with Crippen molar-refractivity contribution in [3.63, 3.8) is 0 Å². The molecule has 164 valence electrons. The van der Waals surface area contributed by atoms with Crippen molar-refractivity contribution >= 4 is 11.8 Å². The summed E-state index contributed by atoms with van der Waals surface area (Å²) in [5, 5.41) is 2.84. The highest BCUT2D eigenvalue weighted by Crippen LogP contribution is 2.33. The summed E-state index contributed by atoms with van der Waals surface area (Å²) in [7, 11) is 0. The van der Waals surface area contributed by atoms with Crippen molar-refractivity contribution in [2.24, 2.45) is 0 Å². The van der Waals surface area contributed by atoms with Gasteiger partial charge in [0.25, 0.3) is 5.91 Å². The lowest BCUT2D eigenvalue weighted by Crippen LogP contribution is -2.37. The Balaban J connectivity index is 1.43. The van der Waals surface area contributed by atoms with Gasteiger partial charge in [0.05, 0.1) is 11.6 Å². The molecule has 0 bridgehead atoms. The summed E-state index contributed by atoms with van der Waals surface area (Å²) < 4.78 is 39.8. The van der Waals surface area contributed by atoms with E-state index in [4.69, 9.17) is 0 Å². The van der Waals surface area contributed by atoms with Crippen molar-refractivity contribution in [3.05, 3.63) is 95.6 Å². The number of amides is 2. The molecule has 1 unspecified atom stereocenters. The van der Waals surface area contributed by atoms with Gasteiger partial charge in [-0.3, -0.25) is 9.59 Å². The van der Waals surface area contributed by atoms with Crippen LogP contribution in [0.15, 0.2) is 78.9 Å². The minimum Gasteiger partial charge on any atom is -0.347 e. The Hall–Kier alpha value is -3.61. The van der Waals surface area contributed by atoms with E-state index in [0.29, 0.717) is 5.56 Å². The number of rotatable bonds is 5. The van der Waals surface area contributed by atoms with E-state index in [1.807, 2.05) is 36.4 Å². The molecule has 1 heterocycles. The molecule has 32 heavy (non-hydrogen) atoms. The molecule has 3 aromatic carbocycles. The number of nitrogens with one attached hydrogen (secondary N) is 1. The molecule has 4 rings (SSSR count). The monoisotopic (exact) mass is 438 g/mol. The summed E-state index contributed by atoms with van der Waals surface area (Å²) in [6.45, 7) is 0.0134. The number of carbonyl (C=O) groups excluding carboxylic acids is 2. The first kappa shape index (κ1) is 21.6. The Morgan fingerprint density at radius 1 is 0.938 bits per heavy atom. The van der Waals surface area contributed by atoms with E-state index in [0.717, 1.165) is 17.2 Å². The van der Waals surface area contributed by atoms with Crippen LogP contribution in [0, 0.1) is 0 Å². The van der Waals surface area contributed by atoms with Crippen LogP contribution in [0.4, 0.5) is 13.2 Å². The van der Waals surface area contributed by atoms with Gasteiger partial charge >= 0.3 is 6.18 Å². The quantitative estimate of drug-likeness (QED) is 0.616. The Labute approximate surface area is 183 Å². The van der Waals surface area contributed by atoms with Gasteiger partial charge in [0.2, 0.25) is 5.91 Å². The maximum absolute atomic E-state index is 13.3. The first-order valence-corrected chi connectivity index (χ1v) is 10.2. The van der Waals surface area contributed by atoms with Crippen molar-refractivity contribution in [3.8, 4) is 11.1 Å². The predicted octanol–water partition coefficient (Wildman–Crippen LogP) is 4.90. The van der Waals surface area contributed by atoms with Crippen LogP contribution in [0.25, 0.3) is 11.1 Å². The highest BCUT2D eigenvalue weighted by atomic mass is 19.4. The number of carbonyl (C=O) groups is 2. The maximum atomic E-state index is 13.3. The SMILES string of the molecule is O=C(NC1CC(=O)N(Cc2ccccc2C(F)(F)F)C1)c1cccc(-c2ccccc2)c1. The fraction of sp³-hybridized carbons (Fsp3) is 0.200. The Bertz CT molecular complexity index is 1130. The molecule has 2 amide bonds. The Kier molecular flexibility index (Phi) is 5.99. The number of hydrogen-bond acceptors (Lipinski definition) is 2. The first-order valence-electron chi connectivity index (χ1n) is 10.2. The third kappa shape index (κ3) is 4.82. The first-order chi connectivity index (χ1) is 15.3. The van der Waals surface area contributed by atoms with Gasteiger partial charge in [0.15, 0.2) is 0 Å². The predicted molar refractivity (Wildman–Crippen MR) is 115 cm³/mol. The van der Waals surface area contributed by atoms with Gasteiger partial charge in [0, 0.05) is 25.1 Å². The summed E-state index contributed by atoms with van der Waals surface area (Å²) >= 11 is 0. The van der Waals surface area contributed by atoms with Crippen molar-refractivity contribution in [2.45, 2.75) is 25.2 Å². The molecule has 0 spiro atoms. The largest absolute Gasteiger partial charge is 0.416 e. The number of benzene rings is 3. The van der Waals surface area contributed by atoms with E-state index >= 15 is 0 Å². The van der Waals surface area contributed by atoms with Crippen LogP contribution in [0.5, 0.6) is 0 Å². The molecule has 7 heteroatoms. The molecule has 4 nitrogen and oxygen atoms in total. The van der Waals surface area contributed by atoms with Crippen LogP contribution < -0.4 is 5.32 Å². The minimum atomic E-state index is -4.49. The fourth-order valence-corrected chi connectivity index (χ4v) is 3.90. The zero-order chi connectivity index (χ0) is 22.7. The van der Waals surface area contributed by atoms with E-state index in [1.54, 1.807) is 18.2 Å². The maximum Gasteiger partial charge on any atom is 0.416 e. The van der Waals surface area contributed by atoms with Gasteiger partial charge < -0.3 is 10.2 Å². The number of alkyl halides is 3. The zero-order valence-corrected chi connectivity index (χ0v) is 17.1. The van der Waals surface area contributed by atoms with Gasteiger partial charge in [-0.1, -0.05) is 60.7 Å². The van der Waals surface area contributed by atoms with E-state index in [2.05, 4.69) is 5.32 Å². The molecule has 0 aromatic heterocycles. The van der Waals surface area contributed by atoms with Crippen LogP contribution in [0.3, 0.4) is 0 Å². The molecular weight excluding hydrogens is 417 g/mol. The molecule has 0 saturated carbocycles. The summed E-state index contributed by atoms with van der Waals surface area (Å²) in [4.78, 5) is 26.5. The summed E-state index contributed by atoms with van der Waals surface area (Å²) in [5.74, 6) is -0.608. The van der Waals surface area contributed by atoms with E-state index in [-0.39, 0.29) is 36.9 Å². The number of halogens is 3. The summed E-state index contributed by atoms with van der Waals surface area (Å²) in [6, 6.07) is 21.6. The molecule has 0 aliphatic carbocycles. The van der Waals surface area contributed by atoms with Gasteiger partial charge in [-0.25, -0.2) is 0 Å². The van der Waals surface area contributed by atoms with Crippen molar-refractivity contribution in [2.75, 3.05) is 6.54 Å². The normalized spacial score (nSPS) is 16.3. The minimum absolute atomic E-state index is 0.0379. The molecule has 1 fully saturated rings. The fourth-order valence-electron chi connectivity index (χ4n) is 3.90. The highest BCUT2D eigenvalue weighted by molar-refractivity contribution is 5.96. The molecule has 0 radical (unpaired) electrons. The highest BCUT2D eigenvalue weighted by Gasteiger charge is 2.36. The third-order valence-corrected chi connectivity index (χ3v) is 5.47. The Morgan fingerprint density at radius 3 is 2.38 bits per heavy atom. The lowest BCUT2D eigenvalue weighted by Gasteiger charge is -2.20. The standard InChI is InChI=1S/C25H21F3N2O2/c26-25(27,28)22-12-5-4-9-20(22)15-30-16-21(14-23(30)31)29-24(32)19-11-6-10-18(13-19)17-7-2-1-3-8-17/h1-13,21H,14-16H2,(H,29,32). The molecule has 3 aromatic rings. The van der Waals surface area contributed by atoms with Crippen molar-refractivity contribution in [1.29, 1.82) is 0 Å². The second-order valence-corrected chi connectivity index (χ2v) is 7.75.